The SMILES string of the molecule is CCN(CC)CCCN(C(=O)c1snc(C(N)=O)c1N)[C@@H](C(=O)NC1CCCCC1)c1ccc(F)cc1. The number of halogens is 1. The summed E-state index contributed by atoms with van der Waals surface area (Å²) in [4.78, 5) is 43.1. The fraction of sp³-hybridized carbons (Fsp3) is 0.538. The zero-order chi connectivity index (χ0) is 26.9. The number of nitrogens with two attached hydrogens (primary N) is 2. The second kappa shape index (κ2) is 13.5. The average molecular weight is 533 g/mol. The van der Waals surface area contributed by atoms with Crippen LogP contribution in [-0.4, -0.2) is 64.1 Å². The van der Waals surface area contributed by atoms with E-state index in [4.69, 9.17) is 11.5 Å². The Morgan fingerprint density at radius 3 is 2.32 bits per heavy atom. The number of hydrogen-bond acceptors (Lipinski definition) is 7. The van der Waals surface area contributed by atoms with Crippen LogP contribution in [0, 0.1) is 5.82 Å². The van der Waals surface area contributed by atoms with Crippen molar-refractivity contribution in [2.45, 2.75) is 64.5 Å². The summed E-state index contributed by atoms with van der Waals surface area (Å²) >= 11 is 0.783. The molecule has 1 saturated carbocycles. The van der Waals surface area contributed by atoms with Gasteiger partial charge >= 0.3 is 0 Å². The first-order chi connectivity index (χ1) is 17.8. The van der Waals surface area contributed by atoms with Crippen molar-refractivity contribution in [2.24, 2.45) is 5.73 Å². The maximum Gasteiger partial charge on any atom is 0.270 e. The number of hydrogen-bond donors (Lipinski definition) is 3. The third-order valence-corrected chi connectivity index (χ3v) is 7.73. The van der Waals surface area contributed by atoms with E-state index in [1.54, 1.807) is 0 Å². The number of benzene rings is 1. The molecule has 1 fully saturated rings. The van der Waals surface area contributed by atoms with E-state index in [2.05, 4.69) is 28.4 Å². The highest BCUT2D eigenvalue weighted by atomic mass is 32.1. The van der Waals surface area contributed by atoms with Gasteiger partial charge in [-0.15, -0.1) is 0 Å². The first-order valence-corrected chi connectivity index (χ1v) is 13.7. The quantitative estimate of drug-likeness (QED) is 0.384. The zero-order valence-electron chi connectivity index (χ0n) is 21.5. The van der Waals surface area contributed by atoms with Gasteiger partial charge in [-0.2, -0.15) is 4.37 Å². The molecule has 0 bridgehead atoms. The van der Waals surface area contributed by atoms with Crippen LogP contribution in [0.2, 0.25) is 0 Å². The minimum atomic E-state index is -1.01. The molecule has 2 aromatic rings. The molecule has 202 valence electrons. The fourth-order valence-electron chi connectivity index (χ4n) is 4.76. The third-order valence-electron chi connectivity index (χ3n) is 6.88. The van der Waals surface area contributed by atoms with Gasteiger partial charge in [-0.3, -0.25) is 14.4 Å². The van der Waals surface area contributed by atoms with E-state index in [0.717, 1.165) is 63.3 Å². The molecular formula is C26H37FN6O3S. The van der Waals surface area contributed by atoms with Crippen molar-refractivity contribution in [1.82, 2.24) is 19.5 Å². The van der Waals surface area contributed by atoms with E-state index in [-0.39, 0.29) is 34.8 Å². The minimum absolute atomic E-state index is 0.0202. The molecular weight excluding hydrogens is 495 g/mol. The highest BCUT2D eigenvalue weighted by Gasteiger charge is 2.35. The summed E-state index contributed by atoms with van der Waals surface area (Å²) in [5, 5.41) is 3.12. The van der Waals surface area contributed by atoms with Gasteiger partial charge in [0.15, 0.2) is 5.69 Å². The Kier molecular flexibility index (Phi) is 10.4. The largest absolute Gasteiger partial charge is 0.395 e. The van der Waals surface area contributed by atoms with Crippen LogP contribution in [0.5, 0.6) is 0 Å². The van der Waals surface area contributed by atoms with Crippen LogP contribution in [-0.2, 0) is 4.79 Å². The maximum atomic E-state index is 13.9. The molecule has 3 amide bonds. The lowest BCUT2D eigenvalue weighted by Crippen LogP contribution is -2.47. The van der Waals surface area contributed by atoms with Gasteiger partial charge in [0.05, 0.1) is 5.69 Å². The lowest BCUT2D eigenvalue weighted by atomic mass is 9.94. The molecule has 1 atom stereocenters. The predicted molar refractivity (Wildman–Crippen MR) is 143 cm³/mol. The van der Waals surface area contributed by atoms with Crippen molar-refractivity contribution in [2.75, 3.05) is 31.9 Å². The molecule has 0 saturated heterocycles. The van der Waals surface area contributed by atoms with Gasteiger partial charge in [-0.1, -0.05) is 45.2 Å². The number of nitrogen functional groups attached to an aromatic ring is 1. The van der Waals surface area contributed by atoms with Gasteiger partial charge in [-0.25, -0.2) is 4.39 Å². The van der Waals surface area contributed by atoms with Crippen LogP contribution in [0.3, 0.4) is 0 Å². The van der Waals surface area contributed by atoms with Gasteiger partial charge < -0.3 is 26.6 Å². The Labute approximate surface area is 221 Å². The van der Waals surface area contributed by atoms with Crippen molar-refractivity contribution in [3.8, 4) is 0 Å². The number of anilines is 1. The smallest absolute Gasteiger partial charge is 0.270 e. The number of nitrogens with zero attached hydrogens (tertiary/aromatic N) is 3. The third kappa shape index (κ3) is 7.26. The summed E-state index contributed by atoms with van der Waals surface area (Å²) in [6, 6.07) is 4.62. The highest BCUT2D eigenvalue weighted by Crippen LogP contribution is 2.30. The van der Waals surface area contributed by atoms with Crippen LogP contribution in [0.25, 0.3) is 0 Å². The molecule has 5 N–H and O–H groups in total. The lowest BCUT2D eigenvalue weighted by molar-refractivity contribution is -0.127. The van der Waals surface area contributed by atoms with E-state index in [9.17, 15) is 18.8 Å². The number of rotatable bonds is 12. The number of carbonyl (C=O) groups excluding carboxylic acids is 3. The highest BCUT2D eigenvalue weighted by molar-refractivity contribution is 7.09. The molecule has 11 heteroatoms. The molecule has 0 radical (unpaired) electrons. The van der Waals surface area contributed by atoms with Gasteiger partial charge in [0, 0.05) is 12.6 Å². The summed E-state index contributed by atoms with van der Waals surface area (Å²) < 4.78 is 17.8. The summed E-state index contributed by atoms with van der Waals surface area (Å²) in [5.41, 5.74) is 11.7. The van der Waals surface area contributed by atoms with Crippen LogP contribution < -0.4 is 16.8 Å². The van der Waals surface area contributed by atoms with Crippen molar-refractivity contribution in [3.05, 3.63) is 46.2 Å². The van der Waals surface area contributed by atoms with Crippen molar-refractivity contribution < 1.29 is 18.8 Å². The number of aromatic nitrogens is 1. The van der Waals surface area contributed by atoms with Crippen molar-refractivity contribution >= 4 is 34.9 Å². The van der Waals surface area contributed by atoms with E-state index in [1.165, 1.54) is 29.2 Å². The summed E-state index contributed by atoms with van der Waals surface area (Å²) in [6.45, 7) is 6.82. The fourth-order valence-corrected chi connectivity index (χ4v) is 5.52. The second-order valence-electron chi connectivity index (χ2n) is 9.31. The average Bonchev–Trinajstić information content (AvgIpc) is 3.28. The standard InChI is InChI=1S/C26H37FN6O3S/c1-3-32(4-2)15-8-16-33(26(36)23-20(28)21(24(29)34)31-37-23)22(17-11-13-18(27)14-12-17)25(35)30-19-9-6-5-7-10-19/h11-14,19,22H,3-10,15-16,28H2,1-2H3,(H2,29,34)(H,30,35)/t22-/m1/s1. The van der Waals surface area contributed by atoms with Crippen LogP contribution in [0.15, 0.2) is 24.3 Å². The zero-order valence-corrected chi connectivity index (χ0v) is 22.4. The molecule has 1 aliphatic carbocycles. The summed E-state index contributed by atoms with van der Waals surface area (Å²) in [5.74, 6) is -2.11. The monoisotopic (exact) mass is 532 g/mol. The normalized spacial score (nSPS) is 14.9. The molecule has 1 aromatic heterocycles. The first kappa shape index (κ1) is 28.5. The topological polar surface area (TPSA) is 135 Å². The van der Waals surface area contributed by atoms with Gasteiger partial charge in [0.1, 0.15) is 16.7 Å². The Bertz CT molecular complexity index is 1070. The van der Waals surface area contributed by atoms with Crippen LogP contribution in [0.4, 0.5) is 10.1 Å². The molecule has 3 rings (SSSR count). The molecule has 1 aliphatic rings. The van der Waals surface area contributed by atoms with Crippen molar-refractivity contribution in [1.29, 1.82) is 0 Å². The lowest BCUT2D eigenvalue weighted by Gasteiger charge is -2.33. The summed E-state index contributed by atoms with van der Waals surface area (Å²) in [7, 11) is 0. The van der Waals surface area contributed by atoms with E-state index in [1.807, 2.05) is 0 Å². The molecule has 0 aliphatic heterocycles. The van der Waals surface area contributed by atoms with E-state index in [0.29, 0.717) is 12.0 Å². The molecule has 37 heavy (non-hydrogen) atoms. The number of nitrogens with one attached hydrogen (secondary N) is 1. The van der Waals surface area contributed by atoms with Gasteiger partial charge in [0.2, 0.25) is 5.91 Å². The van der Waals surface area contributed by atoms with Crippen LogP contribution >= 0.6 is 11.5 Å². The van der Waals surface area contributed by atoms with E-state index < -0.39 is 23.7 Å². The Morgan fingerprint density at radius 2 is 1.76 bits per heavy atom. The Balaban J connectivity index is 1.99. The Hall–Kier alpha value is -3.05. The summed E-state index contributed by atoms with van der Waals surface area (Å²) in [6.07, 6.45) is 5.56. The molecule has 1 heterocycles. The van der Waals surface area contributed by atoms with E-state index >= 15 is 0 Å². The number of carbonyl (C=O) groups is 3. The van der Waals surface area contributed by atoms with Crippen molar-refractivity contribution in [3.63, 3.8) is 0 Å². The van der Waals surface area contributed by atoms with Crippen LogP contribution in [0.1, 0.15) is 84.1 Å². The molecule has 9 nitrogen and oxygen atoms in total. The van der Waals surface area contributed by atoms with Gasteiger partial charge in [0.25, 0.3) is 11.8 Å². The predicted octanol–water partition coefficient (Wildman–Crippen LogP) is 3.33. The Morgan fingerprint density at radius 1 is 1.11 bits per heavy atom. The van der Waals surface area contributed by atoms with Gasteiger partial charge in [-0.05, 0) is 68.1 Å². The minimum Gasteiger partial charge on any atom is -0.395 e. The molecule has 1 aromatic carbocycles. The first-order valence-electron chi connectivity index (χ1n) is 12.9. The number of amides is 3. The molecule has 0 unspecified atom stereocenters. The maximum absolute atomic E-state index is 13.9. The second-order valence-corrected chi connectivity index (χ2v) is 10.1. The number of primary amides is 1. The molecule has 0 spiro atoms.